The summed E-state index contributed by atoms with van der Waals surface area (Å²) >= 11 is 0. The van der Waals surface area contributed by atoms with Gasteiger partial charge in [0.25, 0.3) is 0 Å². The lowest BCUT2D eigenvalue weighted by atomic mass is 10.2. The molecule has 0 unspecified atom stereocenters. The standard InChI is InChI=1S/C16H14FN3/c1-10-7-8-12-15(9-11(2)19-16(12)18-10)20-14-6-4-3-5-13(14)17/h3-9H,1-2H3,(H,18,19,20). The van der Waals surface area contributed by atoms with Crippen molar-refractivity contribution in [1.82, 2.24) is 9.97 Å². The molecule has 0 aliphatic heterocycles. The SMILES string of the molecule is Cc1ccc2c(Nc3ccccc3F)cc(C)nc2n1. The van der Waals surface area contributed by atoms with Gasteiger partial charge in [-0.25, -0.2) is 14.4 Å². The second-order valence-electron chi connectivity index (χ2n) is 4.74. The number of pyridine rings is 2. The maximum absolute atomic E-state index is 13.7. The number of rotatable bonds is 2. The number of hydrogen-bond donors (Lipinski definition) is 1. The first-order chi connectivity index (χ1) is 9.63. The van der Waals surface area contributed by atoms with Crippen molar-refractivity contribution in [3.8, 4) is 0 Å². The third-order valence-corrected chi connectivity index (χ3v) is 3.08. The fourth-order valence-corrected chi connectivity index (χ4v) is 2.14. The van der Waals surface area contributed by atoms with Crippen LogP contribution in [0.5, 0.6) is 0 Å². The van der Waals surface area contributed by atoms with E-state index in [1.165, 1.54) is 6.07 Å². The number of aryl methyl sites for hydroxylation is 2. The maximum Gasteiger partial charge on any atom is 0.161 e. The van der Waals surface area contributed by atoms with Gasteiger partial charge < -0.3 is 5.32 Å². The third-order valence-electron chi connectivity index (χ3n) is 3.08. The van der Waals surface area contributed by atoms with Crippen LogP contribution in [-0.4, -0.2) is 9.97 Å². The summed E-state index contributed by atoms with van der Waals surface area (Å²) in [6.45, 7) is 3.82. The van der Waals surface area contributed by atoms with Crippen molar-refractivity contribution in [2.24, 2.45) is 0 Å². The lowest BCUT2D eigenvalue weighted by Gasteiger charge is -2.11. The van der Waals surface area contributed by atoms with E-state index in [-0.39, 0.29) is 5.82 Å². The molecule has 0 bridgehead atoms. The van der Waals surface area contributed by atoms with Crippen LogP contribution in [0.15, 0.2) is 42.5 Å². The molecule has 0 amide bonds. The minimum absolute atomic E-state index is 0.282. The van der Waals surface area contributed by atoms with Crippen LogP contribution in [0.3, 0.4) is 0 Å². The van der Waals surface area contributed by atoms with Gasteiger partial charge in [-0.2, -0.15) is 0 Å². The molecule has 2 heterocycles. The molecular formula is C16H14FN3. The summed E-state index contributed by atoms with van der Waals surface area (Å²) in [6.07, 6.45) is 0. The second kappa shape index (κ2) is 4.89. The van der Waals surface area contributed by atoms with Gasteiger partial charge in [0, 0.05) is 16.8 Å². The van der Waals surface area contributed by atoms with Gasteiger partial charge in [-0.05, 0) is 44.2 Å². The summed E-state index contributed by atoms with van der Waals surface area (Å²) in [6, 6.07) is 12.4. The molecule has 4 heteroatoms. The van der Waals surface area contributed by atoms with Crippen LogP contribution in [-0.2, 0) is 0 Å². The van der Waals surface area contributed by atoms with Gasteiger partial charge in [-0.1, -0.05) is 12.1 Å². The molecule has 0 atom stereocenters. The van der Waals surface area contributed by atoms with E-state index >= 15 is 0 Å². The van der Waals surface area contributed by atoms with Gasteiger partial charge in [0.2, 0.25) is 0 Å². The predicted molar refractivity (Wildman–Crippen MR) is 78.7 cm³/mol. The Balaban J connectivity index is 2.14. The van der Waals surface area contributed by atoms with Crippen LogP contribution < -0.4 is 5.32 Å². The first-order valence-electron chi connectivity index (χ1n) is 6.40. The molecule has 0 radical (unpaired) electrons. The number of nitrogens with zero attached hydrogens (tertiary/aromatic N) is 2. The number of benzene rings is 1. The fourth-order valence-electron chi connectivity index (χ4n) is 2.14. The Bertz CT molecular complexity index is 779. The molecule has 0 fully saturated rings. The molecule has 1 N–H and O–H groups in total. The number of aromatic nitrogens is 2. The number of hydrogen-bond acceptors (Lipinski definition) is 3. The highest BCUT2D eigenvalue weighted by Crippen LogP contribution is 2.26. The summed E-state index contributed by atoms with van der Waals surface area (Å²) in [4.78, 5) is 8.83. The minimum Gasteiger partial charge on any atom is -0.352 e. The summed E-state index contributed by atoms with van der Waals surface area (Å²) in [5.74, 6) is -0.282. The Morgan fingerprint density at radius 1 is 0.900 bits per heavy atom. The van der Waals surface area contributed by atoms with E-state index < -0.39 is 0 Å². The van der Waals surface area contributed by atoms with Crippen LogP contribution in [0.4, 0.5) is 15.8 Å². The van der Waals surface area contributed by atoms with Gasteiger partial charge in [0.1, 0.15) is 5.82 Å². The zero-order valence-electron chi connectivity index (χ0n) is 11.3. The summed E-state index contributed by atoms with van der Waals surface area (Å²) < 4.78 is 13.7. The number of para-hydroxylation sites is 1. The first-order valence-corrected chi connectivity index (χ1v) is 6.40. The topological polar surface area (TPSA) is 37.8 Å². The molecule has 3 rings (SSSR count). The Morgan fingerprint density at radius 2 is 1.65 bits per heavy atom. The average molecular weight is 267 g/mol. The smallest absolute Gasteiger partial charge is 0.161 e. The first kappa shape index (κ1) is 12.5. The number of anilines is 2. The van der Waals surface area contributed by atoms with E-state index in [1.54, 1.807) is 18.2 Å². The molecule has 0 aliphatic carbocycles. The van der Waals surface area contributed by atoms with Gasteiger partial charge >= 0.3 is 0 Å². The second-order valence-corrected chi connectivity index (χ2v) is 4.74. The predicted octanol–water partition coefficient (Wildman–Crippen LogP) is 4.13. The number of nitrogens with one attached hydrogen (secondary N) is 1. The summed E-state index contributed by atoms with van der Waals surface area (Å²) in [7, 11) is 0. The van der Waals surface area contributed by atoms with E-state index in [1.807, 2.05) is 32.0 Å². The van der Waals surface area contributed by atoms with Crippen LogP contribution in [0.25, 0.3) is 11.0 Å². The van der Waals surface area contributed by atoms with Crippen LogP contribution in [0, 0.1) is 19.7 Å². The zero-order chi connectivity index (χ0) is 14.1. The van der Waals surface area contributed by atoms with Gasteiger partial charge in [-0.15, -0.1) is 0 Å². The van der Waals surface area contributed by atoms with Crippen molar-refractivity contribution in [3.05, 3.63) is 59.7 Å². The van der Waals surface area contributed by atoms with E-state index in [2.05, 4.69) is 15.3 Å². The highest BCUT2D eigenvalue weighted by atomic mass is 19.1. The molecule has 3 nitrogen and oxygen atoms in total. The van der Waals surface area contributed by atoms with E-state index in [0.29, 0.717) is 11.3 Å². The molecule has 100 valence electrons. The Labute approximate surface area is 116 Å². The van der Waals surface area contributed by atoms with Crippen molar-refractivity contribution < 1.29 is 4.39 Å². The van der Waals surface area contributed by atoms with Crippen LogP contribution >= 0.6 is 0 Å². The molecule has 0 saturated carbocycles. The molecule has 20 heavy (non-hydrogen) atoms. The van der Waals surface area contributed by atoms with Crippen molar-refractivity contribution >= 4 is 22.4 Å². The molecule has 3 aromatic rings. The average Bonchev–Trinajstić information content (AvgIpc) is 2.40. The summed E-state index contributed by atoms with van der Waals surface area (Å²) in [5.41, 5.74) is 3.68. The fraction of sp³-hybridized carbons (Fsp3) is 0.125. The number of fused-ring (bicyclic) bond motifs is 1. The van der Waals surface area contributed by atoms with E-state index in [4.69, 9.17) is 0 Å². The highest BCUT2D eigenvalue weighted by Gasteiger charge is 2.08. The van der Waals surface area contributed by atoms with E-state index in [0.717, 1.165) is 22.5 Å². The molecule has 0 spiro atoms. The number of halogens is 1. The molecule has 0 aliphatic rings. The quantitative estimate of drug-likeness (QED) is 0.758. The monoisotopic (exact) mass is 267 g/mol. The van der Waals surface area contributed by atoms with E-state index in [9.17, 15) is 4.39 Å². The van der Waals surface area contributed by atoms with Crippen molar-refractivity contribution in [2.45, 2.75) is 13.8 Å². The van der Waals surface area contributed by atoms with Crippen molar-refractivity contribution in [3.63, 3.8) is 0 Å². The summed E-state index contributed by atoms with van der Waals surface area (Å²) in [5, 5.41) is 4.00. The maximum atomic E-state index is 13.7. The highest BCUT2D eigenvalue weighted by molar-refractivity contribution is 5.91. The Hall–Kier alpha value is -2.49. The normalized spacial score (nSPS) is 10.8. The Kier molecular flexibility index (Phi) is 3.06. The minimum atomic E-state index is -0.282. The Morgan fingerprint density at radius 3 is 2.45 bits per heavy atom. The lowest BCUT2D eigenvalue weighted by Crippen LogP contribution is -1.98. The molecular weight excluding hydrogens is 253 g/mol. The third kappa shape index (κ3) is 2.32. The van der Waals surface area contributed by atoms with Gasteiger partial charge in [0.15, 0.2) is 5.65 Å². The van der Waals surface area contributed by atoms with Gasteiger partial charge in [-0.3, -0.25) is 0 Å². The zero-order valence-corrected chi connectivity index (χ0v) is 11.3. The largest absolute Gasteiger partial charge is 0.352 e. The molecule has 2 aromatic heterocycles. The van der Waals surface area contributed by atoms with Crippen LogP contribution in [0.1, 0.15) is 11.4 Å². The van der Waals surface area contributed by atoms with Crippen molar-refractivity contribution in [1.29, 1.82) is 0 Å². The molecule has 1 aromatic carbocycles. The van der Waals surface area contributed by atoms with Crippen molar-refractivity contribution in [2.75, 3.05) is 5.32 Å². The van der Waals surface area contributed by atoms with Crippen LogP contribution in [0.2, 0.25) is 0 Å². The van der Waals surface area contributed by atoms with Gasteiger partial charge in [0.05, 0.1) is 11.4 Å². The lowest BCUT2D eigenvalue weighted by molar-refractivity contribution is 0.632. The molecule has 0 saturated heterocycles.